The predicted octanol–water partition coefficient (Wildman–Crippen LogP) is 6.33. The molecule has 0 aromatic heterocycles. The van der Waals surface area contributed by atoms with Gasteiger partial charge < -0.3 is 18.9 Å². The number of hydrazine groups is 1. The highest BCUT2D eigenvalue weighted by atomic mass is 16.7. The molecule has 1 heterocycles. The van der Waals surface area contributed by atoms with Crippen molar-refractivity contribution in [1.82, 2.24) is 10.0 Å². The van der Waals surface area contributed by atoms with Crippen LogP contribution in [0.4, 0.5) is 4.79 Å². The monoisotopic (exact) mass is 616 g/mol. The molecule has 45 heavy (non-hydrogen) atoms. The summed E-state index contributed by atoms with van der Waals surface area (Å²) >= 11 is 0. The molecule has 238 valence electrons. The second-order valence-electron chi connectivity index (χ2n) is 12.0. The average Bonchev–Trinajstić information content (AvgIpc) is 3.54. The van der Waals surface area contributed by atoms with Gasteiger partial charge in [-0.3, -0.25) is 14.4 Å². The molecule has 1 aliphatic rings. The molecule has 1 saturated heterocycles. The topological polar surface area (TPSA) is 112 Å². The number of carbonyl (C=O) groups is 4. The predicted molar refractivity (Wildman–Crippen MR) is 166 cm³/mol. The number of nitrogens with zero attached hydrogens (tertiary/aromatic N) is 2. The van der Waals surface area contributed by atoms with Gasteiger partial charge in [-0.2, -0.15) is 0 Å². The van der Waals surface area contributed by atoms with Crippen LogP contribution in [0.5, 0.6) is 5.75 Å². The minimum absolute atomic E-state index is 0.116. The molecule has 0 N–H and O–H groups in total. The smallest absolute Gasteiger partial charge is 0.439 e. The minimum Gasteiger partial charge on any atom is -0.496 e. The number of methoxy groups -OCH3 is 1. The van der Waals surface area contributed by atoms with Crippen molar-refractivity contribution in [3.05, 3.63) is 100 Å². The summed E-state index contributed by atoms with van der Waals surface area (Å²) in [5.74, 6) is -2.13. The lowest BCUT2D eigenvalue weighted by Crippen LogP contribution is -2.60. The van der Waals surface area contributed by atoms with Gasteiger partial charge in [0.2, 0.25) is 0 Å². The Kier molecular flexibility index (Phi) is 10.3. The van der Waals surface area contributed by atoms with Crippen LogP contribution in [0.25, 0.3) is 0 Å². The van der Waals surface area contributed by atoms with E-state index in [4.69, 9.17) is 18.9 Å². The average molecular weight is 617 g/mol. The highest BCUT2D eigenvalue weighted by Crippen LogP contribution is 2.30. The maximum atomic E-state index is 14.4. The van der Waals surface area contributed by atoms with E-state index in [9.17, 15) is 19.2 Å². The number of esters is 1. The Morgan fingerprint density at radius 1 is 0.867 bits per heavy atom. The van der Waals surface area contributed by atoms with Gasteiger partial charge in [-0.15, -0.1) is 5.01 Å². The normalized spacial score (nSPS) is 15.1. The number of carbonyl (C=O) groups excluding carboxylic acids is 4. The number of ether oxygens (including phenoxy) is 4. The van der Waals surface area contributed by atoms with Crippen molar-refractivity contribution in [2.75, 3.05) is 20.3 Å². The van der Waals surface area contributed by atoms with Gasteiger partial charge in [-0.1, -0.05) is 53.6 Å². The first-order valence-corrected chi connectivity index (χ1v) is 14.8. The molecule has 3 amide bonds. The van der Waals surface area contributed by atoms with E-state index in [1.54, 1.807) is 82.3 Å². The van der Waals surface area contributed by atoms with Crippen molar-refractivity contribution in [2.45, 2.75) is 59.8 Å². The van der Waals surface area contributed by atoms with Crippen molar-refractivity contribution >= 4 is 23.9 Å². The second-order valence-corrected chi connectivity index (χ2v) is 12.0. The van der Waals surface area contributed by atoms with E-state index in [0.29, 0.717) is 34.9 Å². The quantitative estimate of drug-likeness (QED) is 0.172. The molecule has 3 aromatic carbocycles. The van der Waals surface area contributed by atoms with E-state index in [0.717, 1.165) is 16.1 Å². The van der Waals surface area contributed by atoms with Gasteiger partial charge in [0.1, 0.15) is 5.75 Å². The zero-order valence-corrected chi connectivity index (χ0v) is 26.8. The molecule has 1 aliphatic heterocycles. The third-order valence-electron chi connectivity index (χ3n) is 7.36. The standard InChI is InChI=1S/C35H40N2O8/c1-22-18-23(2)20-27(19-22)30(38)37(35(4,5)6)36(31(39)28-14-11-15-29(42-7)24(28)3)34(41)45-33(25-12-9-8-10-13-25)44-32(40)26-16-17-43-21-26/h8-15,18-20,26,33H,16-17,21H2,1-7H3. The van der Waals surface area contributed by atoms with E-state index in [2.05, 4.69) is 0 Å². The lowest BCUT2D eigenvalue weighted by atomic mass is 10.0. The van der Waals surface area contributed by atoms with Gasteiger partial charge in [0, 0.05) is 28.9 Å². The first kappa shape index (κ1) is 33.2. The fraction of sp³-hybridized carbons (Fsp3) is 0.371. The zero-order valence-electron chi connectivity index (χ0n) is 26.8. The van der Waals surface area contributed by atoms with E-state index in [1.807, 2.05) is 19.9 Å². The summed E-state index contributed by atoms with van der Waals surface area (Å²) < 4.78 is 22.3. The molecule has 0 aliphatic carbocycles. The van der Waals surface area contributed by atoms with E-state index in [1.165, 1.54) is 13.2 Å². The molecule has 2 unspecified atom stereocenters. The van der Waals surface area contributed by atoms with Crippen LogP contribution in [0.15, 0.2) is 66.7 Å². The van der Waals surface area contributed by atoms with Gasteiger partial charge in [-0.05, 0) is 72.2 Å². The van der Waals surface area contributed by atoms with Crippen molar-refractivity contribution in [3.63, 3.8) is 0 Å². The lowest BCUT2D eigenvalue weighted by Gasteiger charge is -2.42. The van der Waals surface area contributed by atoms with Gasteiger partial charge in [0.25, 0.3) is 18.1 Å². The minimum atomic E-state index is -1.51. The third-order valence-corrected chi connectivity index (χ3v) is 7.36. The maximum absolute atomic E-state index is 14.4. The maximum Gasteiger partial charge on any atom is 0.439 e. The van der Waals surface area contributed by atoms with Crippen LogP contribution in [-0.2, 0) is 19.0 Å². The van der Waals surface area contributed by atoms with Crippen LogP contribution in [0.3, 0.4) is 0 Å². The molecule has 0 radical (unpaired) electrons. The van der Waals surface area contributed by atoms with Crippen LogP contribution in [-0.4, -0.2) is 59.8 Å². The van der Waals surface area contributed by atoms with Crippen molar-refractivity contribution in [3.8, 4) is 5.75 Å². The largest absolute Gasteiger partial charge is 0.496 e. The number of imide groups is 1. The van der Waals surface area contributed by atoms with Crippen LogP contribution in [0, 0.1) is 26.7 Å². The van der Waals surface area contributed by atoms with E-state index in [-0.39, 0.29) is 17.7 Å². The van der Waals surface area contributed by atoms with E-state index >= 15 is 0 Å². The summed E-state index contributed by atoms with van der Waals surface area (Å²) in [7, 11) is 1.47. The third kappa shape index (κ3) is 7.69. The van der Waals surface area contributed by atoms with Crippen molar-refractivity contribution in [1.29, 1.82) is 0 Å². The van der Waals surface area contributed by atoms with Gasteiger partial charge in [-0.25, -0.2) is 9.80 Å². The summed E-state index contributed by atoms with van der Waals surface area (Å²) in [5, 5.41) is 1.77. The van der Waals surface area contributed by atoms with Crippen LogP contribution in [0.1, 0.15) is 76.5 Å². The first-order chi connectivity index (χ1) is 21.3. The Morgan fingerprint density at radius 3 is 2.11 bits per heavy atom. The van der Waals surface area contributed by atoms with Crippen LogP contribution >= 0.6 is 0 Å². The molecule has 2 atom stereocenters. The van der Waals surface area contributed by atoms with Gasteiger partial charge >= 0.3 is 12.1 Å². The summed E-state index contributed by atoms with van der Waals surface area (Å²) in [5.41, 5.74) is 1.80. The highest BCUT2D eigenvalue weighted by molar-refractivity contribution is 6.07. The molecule has 10 nitrogen and oxygen atoms in total. The van der Waals surface area contributed by atoms with Gasteiger partial charge in [0.15, 0.2) is 0 Å². The Bertz CT molecular complexity index is 1540. The van der Waals surface area contributed by atoms with Crippen molar-refractivity contribution < 1.29 is 38.1 Å². The molecule has 0 saturated carbocycles. The number of hydrogen-bond donors (Lipinski definition) is 0. The molecular formula is C35H40N2O8. The molecule has 4 rings (SSSR count). The van der Waals surface area contributed by atoms with Crippen LogP contribution < -0.4 is 4.74 Å². The van der Waals surface area contributed by atoms with Crippen molar-refractivity contribution in [2.24, 2.45) is 5.92 Å². The number of aryl methyl sites for hydroxylation is 2. The fourth-order valence-electron chi connectivity index (χ4n) is 5.19. The lowest BCUT2D eigenvalue weighted by molar-refractivity contribution is -0.177. The first-order valence-electron chi connectivity index (χ1n) is 14.8. The number of hydrogen-bond acceptors (Lipinski definition) is 8. The summed E-state index contributed by atoms with van der Waals surface area (Å²) in [6.07, 6.45) is -2.25. The Hall–Kier alpha value is -4.70. The molecular weight excluding hydrogens is 576 g/mol. The summed E-state index contributed by atoms with van der Waals surface area (Å²) in [4.78, 5) is 56.1. The Labute approximate surface area is 263 Å². The number of rotatable bonds is 7. The number of amides is 3. The van der Waals surface area contributed by atoms with Crippen LogP contribution in [0.2, 0.25) is 0 Å². The fourth-order valence-corrected chi connectivity index (χ4v) is 5.19. The molecule has 1 fully saturated rings. The molecule has 3 aromatic rings. The highest BCUT2D eigenvalue weighted by Gasteiger charge is 2.43. The Morgan fingerprint density at radius 2 is 1.53 bits per heavy atom. The number of benzene rings is 3. The molecule has 0 spiro atoms. The SMILES string of the molecule is COc1cccc(C(=O)N(C(=O)OC(OC(=O)C2CCOC2)c2ccccc2)N(C(=O)c2cc(C)cc(C)c2)C(C)(C)C)c1C. The molecule has 10 heteroatoms. The summed E-state index contributed by atoms with van der Waals surface area (Å²) in [6, 6.07) is 18.6. The van der Waals surface area contributed by atoms with E-state index < -0.39 is 41.6 Å². The Balaban J connectivity index is 1.82. The zero-order chi connectivity index (χ0) is 32.9. The summed E-state index contributed by atoms with van der Waals surface area (Å²) in [6.45, 7) is 11.1. The molecule has 0 bridgehead atoms. The second kappa shape index (κ2) is 13.9. The van der Waals surface area contributed by atoms with Gasteiger partial charge in [0.05, 0.1) is 25.2 Å².